The molecule has 1 saturated heterocycles. The summed E-state index contributed by atoms with van der Waals surface area (Å²) in [6, 6.07) is 2.80. The minimum Gasteiger partial charge on any atom is -0.444 e. The number of likely N-dealkylation sites (tertiary alicyclic amines) is 1. The summed E-state index contributed by atoms with van der Waals surface area (Å²) in [7, 11) is 0. The predicted molar refractivity (Wildman–Crippen MR) is 113 cm³/mol. The van der Waals surface area contributed by atoms with Crippen molar-refractivity contribution in [3.05, 3.63) is 23.5 Å². The van der Waals surface area contributed by atoms with Crippen molar-refractivity contribution in [2.45, 2.75) is 70.6 Å². The Morgan fingerprint density at radius 1 is 1.30 bits per heavy atom. The molecule has 2 saturated carbocycles. The number of amides is 2. The van der Waals surface area contributed by atoms with Crippen LogP contribution < -0.4 is 16.4 Å². The molecule has 2 atom stereocenters. The smallest absolute Gasteiger partial charge is 0.410 e. The molecule has 1 heterocycles. The zero-order valence-corrected chi connectivity index (χ0v) is 17.9. The molecular formula is C22H31FN4O3. The number of nitrogens with two attached hydrogens (primary N) is 1. The number of carbonyl (C=O) groups excluding carboxylic acids is 2. The van der Waals surface area contributed by atoms with Gasteiger partial charge in [-0.05, 0) is 70.4 Å². The summed E-state index contributed by atoms with van der Waals surface area (Å²) in [4.78, 5) is 26.6. The van der Waals surface area contributed by atoms with Crippen LogP contribution in [0.4, 0.5) is 20.6 Å². The minimum absolute atomic E-state index is 0.0793. The molecule has 1 aromatic carbocycles. The van der Waals surface area contributed by atoms with E-state index in [9.17, 15) is 14.0 Å². The summed E-state index contributed by atoms with van der Waals surface area (Å²) in [5.74, 6) is -1.12. The van der Waals surface area contributed by atoms with Crippen LogP contribution >= 0.6 is 0 Å². The Morgan fingerprint density at radius 3 is 2.67 bits per heavy atom. The molecule has 3 aliphatic rings. The van der Waals surface area contributed by atoms with Gasteiger partial charge in [-0.3, -0.25) is 4.79 Å². The van der Waals surface area contributed by atoms with Gasteiger partial charge >= 0.3 is 6.09 Å². The van der Waals surface area contributed by atoms with E-state index in [0.717, 1.165) is 12.8 Å². The fourth-order valence-electron chi connectivity index (χ4n) is 4.19. The highest BCUT2D eigenvalue weighted by atomic mass is 19.1. The van der Waals surface area contributed by atoms with Crippen molar-refractivity contribution in [1.29, 1.82) is 0 Å². The molecule has 1 spiro atoms. The van der Waals surface area contributed by atoms with Crippen LogP contribution in [0.5, 0.6) is 0 Å². The monoisotopic (exact) mass is 418 g/mol. The lowest BCUT2D eigenvalue weighted by Crippen LogP contribution is -2.50. The standard InChI is InChI=1S/C22H31FN4O3/c1-21(2,3)30-20(29)27-8-4-5-13(12-27)25-19(28)14-9-16(24)17(10-15(14)23)26-18-11-22(18)6-7-22/h9-10,13,18,26H,4-8,11-12,24H2,1-3H3,(H,25,28). The van der Waals surface area contributed by atoms with Crippen molar-refractivity contribution in [2.24, 2.45) is 5.41 Å². The van der Waals surface area contributed by atoms with Gasteiger partial charge in [0.15, 0.2) is 0 Å². The first-order chi connectivity index (χ1) is 14.1. The minimum atomic E-state index is -0.602. The van der Waals surface area contributed by atoms with Crippen molar-refractivity contribution in [1.82, 2.24) is 10.2 Å². The number of piperidine rings is 1. The van der Waals surface area contributed by atoms with E-state index in [0.29, 0.717) is 42.3 Å². The first-order valence-corrected chi connectivity index (χ1v) is 10.7. The van der Waals surface area contributed by atoms with Gasteiger partial charge < -0.3 is 26.0 Å². The summed E-state index contributed by atoms with van der Waals surface area (Å²) in [5.41, 5.74) is 6.76. The largest absolute Gasteiger partial charge is 0.444 e. The van der Waals surface area contributed by atoms with Gasteiger partial charge in [0.05, 0.1) is 16.9 Å². The zero-order chi connectivity index (χ0) is 21.7. The summed E-state index contributed by atoms with van der Waals surface area (Å²) in [6.07, 6.45) is 4.59. The third-order valence-electron chi connectivity index (χ3n) is 6.20. The predicted octanol–water partition coefficient (Wildman–Crippen LogP) is 3.50. The molecule has 1 aromatic rings. The zero-order valence-electron chi connectivity index (χ0n) is 17.9. The van der Waals surface area contributed by atoms with Crippen molar-refractivity contribution in [2.75, 3.05) is 24.1 Å². The van der Waals surface area contributed by atoms with Crippen molar-refractivity contribution >= 4 is 23.4 Å². The van der Waals surface area contributed by atoms with Crippen LogP contribution in [0.25, 0.3) is 0 Å². The lowest BCUT2D eigenvalue weighted by molar-refractivity contribution is 0.0185. The quantitative estimate of drug-likeness (QED) is 0.651. The van der Waals surface area contributed by atoms with Gasteiger partial charge in [0.25, 0.3) is 5.91 Å². The number of anilines is 2. The normalized spacial score (nSPS) is 24.3. The van der Waals surface area contributed by atoms with Gasteiger partial charge in [0, 0.05) is 25.2 Å². The maximum Gasteiger partial charge on any atom is 0.410 e. The summed E-state index contributed by atoms with van der Waals surface area (Å²) in [5, 5.41) is 6.15. The van der Waals surface area contributed by atoms with E-state index in [4.69, 9.17) is 10.5 Å². The maximum absolute atomic E-state index is 14.7. The molecule has 0 bridgehead atoms. The first kappa shape index (κ1) is 20.8. The SMILES string of the molecule is CC(C)(C)OC(=O)N1CCCC(NC(=O)c2cc(N)c(NC3CC34CC4)cc2F)C1. The molecule has 2 unspecified atom stereocenters. The topological polar surface area (TPSA) is 96.7 Å². The lowest BCUT2D eigenvalue weighted by atomic mass is 10.0. The molecule has 164 valence electrons. The number of hydrogen-bond acceptors (Lipinski definition) is 5. The number of nitrogens with zero attached hydrogens (tertiary/aromatic N) is 1. The molecule has 4 N–H and O–H groups in total. The van der Waals surface area contributed by atoms with Crippen molar-refractivity contribution < 1.29 is 18.7 Å². The van der Waals surface area contributed by atoms with E-state index < -0.39 is 23.4 Å². The Labute approximate surface area is 176 Å². The third-order valence-corrected chi connectivity index (χ3v) is 6.20. The van der Waals surface area contributed by atoms with E-state index in [1.54, 1.807) is 4.90 Å². The molecule has 2 amide bonds. The number of carbonyl (C=O) groups is 2. The average Bonchev–Trinajstić information content (AvgIpc) is 3.56. The molecule has 0 radical (unpaired) electrons. The highest BCUT2D eigenvalue weighted by molar-refractivity contribution is 5.96. The molecule has 30 heavy (non-hydrogen) atoms. The van der Waals surface area contributed by atoms with Crippen LogP contribution in [0.15, 0.2) is 12.1 Å². The molecule has 1 aliphatic heterocycles. The highest BCUT2D eigenvalue weighted by Crippen LogP contribution is 2.66. The van der Waals surface area contributed by atoms with Crippen LogP contribution in [0, 0.1) is 11.2 Å². The van der Waals surface area contributed by atoms with Gasteiger partial charge in [-0.25, -0.2) is 9.18 Å². The van der Waals surface area contributed by atoms with Crippen LogP contribution in [-0.4, -0.2) is 47.7 Å². The summed E-state index contributed by atoms with van der Waals surface area (Å²) in [6.45, 7) is 6.35. The van der Waals surface area contributed by atoms with Gasteiger partial charge in [0.1, 0.15) is 11.4 Å². The van der Waals surface area contributed by atoms with Crippen LogP contribution in [-0.2, 0) is 4.74 Å². The molecular weight excluding hydrogens is 387 g/mol. The van der Waals surface area contributed by atoms with Crippen LogP contribution in [0.1, 0.15) is 63.2 Å². The number of halogens is 1. The van der Waals surface area contributed by atoms with E-state index in [2.05, 4.69) is 10.6 Å². The molecule has 3 fully saturated rings. The van der Waals surface area contributed by atoms with E-state index in [1.807, 2.05) is 20.8 Å². The Balaban J connectivity index is 1.37. The van der Waals surface area contributed by atoms with E-state index in [-0.39, 0.29) is 11.6 Å². The second kappa shape index (κ2) is 7.32. The number of nitrogens with one attached hydrogen (secondary N) is 2. The fourth-order valence-corrected chi connectivity index (χ4v) is 4.19. The number of benzene rings is 1. The Morgan fingerprint density at radius 2 is 2.03 bits per heavy atom. The number of nitrogen functional groups attached to an aromatic ring is 1. The Hall–Kier alpha value is -2.51. The lowest BCUT2D eigenvalue weighted by Gasteiger charge is -2.34. The van der Waals surface area contributed by atoms with Gasteiger partial charge in [-0.2, -0.15) is 0 Å². The summed E-state index contributed by atoms with van der Waals surface area (Å²) >= 11 is 0. The van der Waals surface area contributed by atoms with E-state index >= 15 is 0 Å². The van der Waals surface area contributed by atoms with Crippen LogP contribution in [0.3, 0.4) is 0 Å². The Bertz CT molecular complexity index is 863. The van der Waals surface area contributed by atoms with Gasteiger partial charge in [-0.1, -0.05) is 0 Å². The van der Waals surface area contributed by atoms with Crippen molar-refractivity contribution in [3.63, 3.8) is 0 Å². The third kappa shape index (κ3) is 4.47. The van der Waals surface area contributed by atoms with Crippen molar-refractivity contribution in [3.8, 4) is 0 Å². The average molecular weight is 419 g/mol. The van der Waals surface area contributed by atoms with Gasteiger partial charge in [0.2, 0.25) is 0 Å². The van der Waals surface area contributed by atoms with Crippen LogP contribution in [0.2, 0.25) is 0 Å². The second-order valence-electron chi connectivity index (χ2n) is 9.92. The molecule has 7 nitrogen and oxygen atoms in total. The fraction of sp³-hybridized carbons (Fsp3) is 0.636. The number of rotatable bonds is 4. The molecule has 8 heteroatoms. The maximum atomic E-state index is 14.7. The van der Waals surface area contributed by atoms with Gasteiger partial charge in [-0.15, -0.1) is 0 Å². The highest BCUT2D eigenvalue weighted by Gasteiger charge is 2.62. The number of hydrogen-bond donors (Lipinski definition) is 3. The second-order valence-corrected chi connectivity index (χ2v) is 9.92. The summed E-state index contributed by atoms with van der Waals surface area (Å²) < 4.78 is 20.1. The molecule has 2 aliphatic carbocycles. The molecule has 4 rings (SSSR count). The molecule has 0 aromatic heterocycles. The van der Waals surface area contributed by atoms with E-state index in [1.165, 1.54) is 25.0 Å². The number of ether oxygens (including phenoxy) is 1. The first-order valence-electron chi connectivity index (χ1n) is 10.7. The Kier molecular flexibility index (Phi) is 5.06.